The number of halogens is 2. The van der Waals surface area contributed by atoms with Gasteiger partial charge in [0, 0.05) is 46.9 Å². The van der Waals surface area contributed by atoms with E-state index in [2.05, 4.69) is 25.4 Å². The Hall–Kier alpha value is -3.92. The molecule has 0 aliphatic rings. The fraction of sp³-hybridized carbons (Fsp3) is 0.290. The van der Waals surface area contributed by atoms with E-state index in [9.17, 15) is 10.2 Å². The number of nitrogens with one attached hydrogen (secondary N) is 1. The molecule has 41 heavy (non-hydrogen) atoms. The zero-order valence-electron chi connectivity index (χ0n) is 23.5. The number of aromatic nitrogens is 5. The Morgan fingerprint density at radius 2 is 1.59 bits per heavy atom. The standard InChI is InChI=1S/C31H32ClFN6O2/c1-18(23-10-20(6-8-26(23)33)22-14-37-39(16-22)17-30(2,3)40)38-28-24-11-19(7-9-27(24)34-15-25(28)32)21-12-35-29(36-13-21)31(4,5)41/h6-16,18,40-41H,17H2,1-5H3,(H,34,38). The summed E-state index contributed by atoms with van der Waals surface area (Å²) in [4.78, 5) is 13.1. The SMILES string of the molecule is CC(Nc1c(Cl)cnc2ccc(-c3cnc(C(C)(C)O)nc3)cc12)c1cc(-c2cnn(CC(C)(C)O)c2)ccc1F. The number of aliphatic hydroxyl groups is 2. The Kier molecular flexibility index (Phi) is 7.54. The van der Waals surface area contributed by atoms with Crippen molar-refractivity contribution >= 4 is 28.2 Å². The first kappa shape index (κ1) is 28.6. The minimum Gasteiger partial charge on any atom is -0.389 e. The summed E-state index contributed by atoms with van der Waals surface area (Å²) in [7, 11) is 0. The Bertz CT molecular complexity index is 1710. The maximum Gasteiger partial charge on any atom is 0.159 e. The second kappa shape index (κ2) is 10.8. The molecule has 0 aliphatic heterocycles. The van der Waals surface area contributed by atoms with Crippen LogP contribution in [0.1, 0.15) is 52.0 Å². The lowest BCUT2D eigenvalue weighted by Gasteiger charge is -2.20. The van der Waals surface area contributed by atoms with Crippen molar-refractivity contribution in [3.8, 4) is 22.3 Å². The molecule has 0 saturated carbocycles. The van der Waals surface area contributed by atoms with E-state index in [0.29, 0.717) is 28.6 Å². The smallest absolute Gasteiger partial charge is 0.159 e. The van der Waals surface area contributed by atoms with Crippen molar-refractivity contribution in [2.24, 2.45) is 0 Å². The molecule has 0 bridgehead atoms. The molecule has 0 saturated heterocycles. The molecule has 1 atom stereocenters. The molecule has 8 nitrogen and oxygen atoms in total. The van der Waals surface area contributed by atoms with Gasteiger partial charge in [-0.15, -0.1) is 0 Å². The molecular weight excluding hydrogens is 543 g/mol. The quantitative estimate of drug-likeness (QED) is 0.193. The third-order valence-corrected chi connectivity index (χ3v) is 6.98. The number of hydrogen-bond donors (Lipinski definition) is 3. The molecule has 0 amide bonds. The van der Waals surface area contributed by atoms with Crippen LogP contribution in [0.15, 0.2) is 67.4 Å². The highest BCUT2D eigenvalue weighted by Crippen LogP contribution is 2.36. The van der Waals surface area contributed by atoms with E-state index < -0.39 is 17.2 Å². The minimum absolute atomic E-state index is 0.330. The Labute approximate surface area is 242 Å². The van der Waals surface area contributed by atoms with Gasteiger partial charge in [0.25, 0.3) is 0 Å². The molecule has 0 aliphatic carbocycles. The maximum atomic E-state index is 15.1. The fourth-order valence-corrected chi connectivity index (χ4v) is 4.84. The first-order valence-corrected chi connectivity index (χ1v) is 13.6. The van der Waals surface area contributed by atoms with E-state index >= 15 is 4.39 Å². The van der Waals surface area contributed by atoms with Crippen LogP contribution in [0, 0.1) is 5.82 Å². The predicted octanol–water partition coefficient (Wildman–Crippen LogP) is 6.52. The maximum absolute atomic E-state index is 15.1. The summed E-state index contributed by atoms with van der Waals surface area (Å²) in [5.74, 6) is -0.0198. The summed E-state index contributed by atoms with van der Waals surface area (Å²) >= 11 is 6.62. The van der Waals surface area contributed by atoms with Crippen molar-refractivity contribution in [3.05, 3.63) is 89.6 Å². The zero-order valence-corrected chi connectivity index (χ0v) is 24.3. The number of pyridine rings is 1. The Morgan fingerprint density at radius 1 is 0.902 bits per heavy atom. The van der Waals surface area contributed by atoms with Crippen LogP contribution in [0.5, 0.6) is 0 Å². The third kappa shape index (κ3) is 6.37. The minimum atomic E-state index is -1.14. The van der Waals surface area contributed by atoms with Gasteiger partial charge in [-0.25, -0.2) is 14.4 Å². The van der Waals surface area contributed by atoms with Crippen molar-refractivity contribution in [1.29, 1.82) is 0 Å². The van der Waals surface area contributed by atoms with Crippen molar-refractivity contribution in [3.63, 3.8) is 0 Å². The molecule has 2 aromatic carbocycles. The Balaban J connectivity index is 1.46. The molecule has 3 heterocycles. The monoisotopic (exact) mass is 574 g/mol. The van der Waals surface area contributed by atoms with Crippen molar-refractivity contribution in [2.45, 2.75) is 58.4 Å². The third-order valence-electron chi connectivity index (χ3n) is 6.69. The van der Waals surface area contributed by atoms with E-state index in [1.807, 2.05) is 31.3 Å². The van der Waals surface area contributed by atoms with Crippen LogP contribution in [0.4, 0.5) is 10.1 Å². The highest BCUT2D eigenvalue weighted by atomic mass is 35.5. The number of rotatable bonds is 8. The van der Waals surface area contributed by atoms with Gasteiger partial charge in [-0.05, 0) is 70.0 Å². The van der Waals surface area contributed by atoms with Gasteiger partial charge >= 0.3 is 0 Å². The second-order valence-electron chi connectivity index (χ2n) is 11.4. The van der Waals surface area contributed by atoms with Crippen LogP contribution in [0.3, 0.4) is 0 Å². The Morgan fingerprint density at radius 3 is 2.27 bits per heavy atom. The molecule has 0 fully saturated rings. The number of fused-ring (bicyclic) bond motifs is 1. The van der Waals surface area contributed by atoms with Crippen LogP contribution < -0.4 is 5.32 Å². The lowest BCUT2D eigenvalue weighted by atomic mass is 10.0. The predicted molar refractivity (Wildman–Crippen MR) is 159 cm³/mol. The number of anilines is 1. The van der Waals surface area contributed by atoms with E-state index in [-0.39, 0.29) is 5.82 Å². The van der Waals surface area contributed by atoms with Crippen LogP contribution in [-0.4, -0.2) is 40.5 Å². The fourth-order valence-electron chi connectivity index (χ4n) is 4.63. The van der Waals surface area contributed by atoms with Gasteiger partial charge in [0.05, 0.1) is 40.6 Å². The first-order valence-electron chi connectivity index (χ1n) is 13.2. The van der Waals surface area contributed by atoms with Gasteiger partial charge < -0.3 is 15.5 Å². The summed E-state index contributed by atoms with van der Waals surface area (Å²) in [5.41, 5.74) is 2.99. The first-order chi connectivity index (χ1) is 19.3. The van der Waals surface area contributed by atoms with Gasteiger partial charge in [0.1, 0.15) is 11.4 Å². The molecule has 10 heteroatoms. The highest BCUT2D eigenvalue weighted by Gasteiger charge is 2.20. The second-order valence-corrected chi connectivity index (χ2v) is 11.8. The summed E-state index contributed by atoms with van der Waals surface area (Å²) in [6.45, 7) is 8.91. The van der Waals surface area contributed by atoms with E-state index in [1.165, 1.54) is 6.07 Å². The average Bonchev–Trinajstić information content (AvgIpc) is 3.36. The molecule has 212 valence electrons. The van der Waals surface area contributed by atoms with Crippen LogP contribution >= 0.6 is 11.6 Å². The summed E-state index contributed by atoms with van der Waals surface area (Å²) in [6, 6.07) is 10.2. The van der Waals surface area contributed by atoms with Crippen molar-refractivity contribution in [2.75, 3.05) is 5.32 Å². The molecule has 3 N–H and O–H groups in total. The van der Waals surface area contributed by atoms with Gasteiger partial charge in [-0.1, -0.05) is 23.7 Å². The van der Waals surface area contributed by atoms with E-state index in [0.717, 1.165) is 33.2 Å². The molecule has 1 unspecified atom stereocenters. The van der Waals surface area contributed by atoms with Crippen molar-refractivity contribution < 1.29 is 14.6 Å². The summed E-state index contributed by atoms with van der Waals surface area (Å²) in [6.07, 6.45) is 8.44. The number of hydrogen-bond acceptors (Lipinski definition) is 7. The molecule has 0 radical (unpaired) electrons. The lowest BCUT2D eigenvalue weighted by Crippen LogP contribution is -2.26. The lowest BCUT2D eigenvalue weighted by molar-refractivity contribution is 0.0577. The van der Waals surface area contributed by atoms with Crippen LogP contribution in [0.2, 0.25) is 5.02 Å². The molecule has 5 rings (SSSR count). The van der Waals surface area contributed by atoms with Crippen LogP contribution in [-0.2, 0) is 12.1 Å². The van der Waals surface area contributed by atoms with Gasteiger partial charge in [-0.3, -0.25) is 9.67 Å². The summed E-state index contributed by atoms with van der Waals surface area (Å²) < 4.78 is 16.8. The highest BCUT2D eigenvalue weighted by molar-refractivity contribution is 6.34. The summed E-state index contributed by atoms with van der Waals surface area (Å²) in [5, 5.41) is 29.2. The zero-order chi connectivity index (χ0) is 29.5. The van der Waals surface area contributed by atoms with Gasteiger partial charge in [-0.2, -0.15) is 5.10 Å². The van der Waals surface area contributed by atoms with Crippen LogP contribution in [0.25, 0.3) is 33.2 Å². The van der Waals surface area contributed by atoms with E-state index in [1.54, 1.807) is 69.3 Å². The molecule has 0 spiro atoms. The van der Waals surface area contributed by atoms with Gasteiger partial charge in [0.2, 0.25) is 0 Å². The van der Waals surface area contributed by atoms with Gasteiger partial charge in [0.15, 0.2) is 5.82 Å². The van der Waals surface area contributed by atoms with Crippen molar-refractivity contribution in [1.82, 2.24) is 24.7 Å². The average molecular weight is 575 g/mol. The molecular formula is C31H32ClFN6O2. The number of nitrogens with zero attached hydrogens (tertiary/aromatic N) is 5. The number of benzene rings is 2. The molecule has 5 aromatic rings. The largest absolute Gasteiger partial charge is 0.389 e. The molecule has 3 aromatic heterocycles. The topological polar surface area (TPSA) is 109 Å². The normalized spacial score (nSPS) is 13.0. The van der Waals surface area contributed by atoms with E-state index in [4.69, 9.17) is 11.6 Å².